The number of ether oxygens (including phenoxy) is 1. The van der Waals surface area contributed by atoms with Crippen molar-refractivity contribution in [3.05, 3.63) is 59.2 Å². The van der Waals surface area contributed by atoms with Crippen LogP contribution in [0, 0.1) is 6.92 Å². The number of alkyl carbamates (subject to hydrolysis) is 1. The van der Waals surface area contributed by atoms with Gasteiger partial charge >= 0.3 is 6.09 Å². The summed E-state index contributed by atoms with van der Waals surface area (Å²) < 4.78 is 5.45. The zero-order valence-corrected chi connectivity index (χ0v) is 24.5. The van der Waals surface area contributed by atoms with E-state index in [1.165, 1.54) is 23.1 Å². The van der Waals surface area contributed by atoms with E-state index < -0.39 is 35.2 Å². The summed E-state index contributed by atoms with van der Waals surface area (Å²) in [6, 6.07) is 8.81. The lowest BCUT2D eigenvalue weighted by atomic mass is 9.93. The summed E-state index contributed by atoms with van der Waals surface area (Å²) in [6.07, 6.45) is -0.671. The molecule has 0 aliphatic heterocycles. The molecule has 39 heavy (non-hydrogen) atoms. The first kappa shape index (κ1) is 31.5. The Labute approximate surface area is 231 Å². The van der Waals surface area contributed by atoms with Crippen LogP contribution in [0.5, 0.6) is 11.5 Å². The Balaban J connectivity index is 2.64. The molecular weight excluding hydrogens is 498 g/mol. The molecule has 0 saturated heterocycles. The normalized spacial score (nSPS) is 13.4. The van der Waals surface area contributed by atoms with Crippen LogP contribution in [0.1, 0.15) is 78.1 Å². The van der Waals surface area contributed by atoms with E-state index in [4.69, 9.17) is 4.74 Å². The van der Waals surface area contributed by atoms with Gasteiger partial charge in [0.1, 0.15) is 29.2 Å². The molecule has 0 aliphatic carbocycles. The minimum Gasteiger partial charge on any atom is -0.508 e. The van der Waals surface area contributed by atoms with E-state index in [1.807, 2.05) is 34.6 Å². The molecule has 3 amide bonds. The first-order chi connectivity index (χ1) is 17.9. The Morgan fingerprint density at radius 3 is 2.00 bits per heavy atom. The number of rotatable bonds is 8. The molecule has 9 nitrogen and oxygen atoms in total. The van der Waals surface area contributed by atoms with Crippen molar-refractivity contribution in [2.45, 2.75) is 98.0 Å². The van der Waals surface area contributed by atoms with Crippen LogP contribution in [0.3, 0.4) is 0 Å². The number of hydrogen-bond donors (Lipinski definition) is 4. The van der Waals surface area contributed by atoms with Gasteiger partial charge in [0.05, 0.1) is 0 Å². The zero-order chi connectivity index (χ0) is 29.7. The molecule has 2 unspecified atom stereocenters. The fraction of sp³-hybridized carbons (Fsp3) is 0.500. The summed E-state index contributed by atoms with van der Waals surface area (Å²) in [5.74, 6) is -0.728. The van der Waals surface area contributed by atoms with E-state index in [0.29, 0.717) is 16.7 Å². The van der Waals surface area contributed by atoms with Crippen molar-refractivity contribution in [1.82, 2.24) is 15.5 Å². The van der Waals surface area contributed by atoms with E-state index >= 15 is 0 Å². The highest BCUT2D eigenvalue weighted by Crippen LogP contribution is 2.32. The molecule has 9 heteroatoms. The van der Waals surface area contributed by atoms with Crippen LogP contribution >= 0.6 is 0 Å². The van der Waals surface area contributed by atoms with Crippen LogP contribution in [0.15, 0.2) is 42.5 Å². The zero-order valence-electron chi connectivity index (χ0n) is 24.5. The number of aryl methyl sites for hydroxylation is 1. The summed E-state index contributed by atoms with van der Waals surface area (Å²) in [6.45, 7) is 16.0. The molecular formula is C30H43N3O6. The van der Waals surface area contributed by atoms with E-state index in [1.54, 1.807) is 52.0 Å². The van der Waals surface area contributed by atoms with Gasteiger partial charge in [-0.25, -0.2) is 4.79 Å². The molecule has 0 spiro atoms. The number of phenolic OH excluding ortho intramolecular Hbond substituents is 2. The van der Waals surface area contributed by atoms with Crippen molar-refractivity contribution < 1.29 is 29.3 Å². The number of nitrogens with one attached hydrogen (secondary N) is 2. The predicted molar refractivity (Wildman–Crippen MR) is 150 cm³/mol. The van der Waals surface area contributed by atoms with Crippen molar-refractivity contribution >= 4 is 17.9 Å². The van der Waals surface area contributed by atoms with Gasteiger partial charge in [0.25, 0.3) is 0 Å². The SMILES string of the molecule is Cc1cc(C(C(=O)NC(C)C)N(C(=O)C(Cc2ccc(O)cc2)NC(=O)OC(C)(C)C)C(C)(C)C)ccc1O. The maximum atomic E-state index is 14.4. The second-order valence-electron chi connectivity index (χ2n) is 12.1. The summed E-state index contributed by atoms with van der Waals surface area (Å²) in [5.41, 5.74) is 0.129. The van der Waals surface area contributed by atoms with Crippen LogP contribution in [0.25, 0.3) is 0 Å². The highest BCUT2D eigenvalue weighted by Gasteiger charge is 2.42. The first-order valence-corrected chi connectivity index (χ1v) is 13.1. The smallest absolute Gasteiger partial charge is 0.408 e. The Morgan fingerprint density at radius 2 is 1.51 bits per heavy atom. The minimum atomic E-state index is -1.09. The molecule has 2 rings (SSSR count). The predicted octanol–water partition coefficient (Wildman–Crippen LogP) is 4.74. The van der Waals surface area contributed by atoms with Gasteiger partial charge in [-0.3, -0.25) is 9.59 Å². The maximum absolute atomic E-state index is 14.4. The average molecular weight is 542 g/mol. The average Bonchev–Trinajstić information content (AvgIpc) is 2.77. The van der Waals surface area contributed by atoms with Gasteiger partial charge in [-0.15, -0.1) is 0 Å². The quantitative estimate of drug-likeness (QED) is 0.382. The standard InChI is InChI=1S/C30H43N3O6/c1-18(2)31-26(36)25(21-12-15-24(35)19(3)16-21)33(29(4,5)6)27(37)23(32-28(38)39-30(7,8)9)17-20-10-13-22(34)14-11-20/h10-16,18,23,25,34-35H,17H2,1-9H3,(H,31,36)(H,32,38). The van der Waals surface area contributed by atoms with Gasteiger partial charge in [-0.2, -0.15) is 0 Å². The van der Waals surface area contributed by atoms with Crippen LogP contribution in [-0.2, 0) is 20.7 Å². The van der Waals surface area contributed by atoms with Gasteiger partial charge in [0.15, 0.2) is 0 Å². The summed E-state index contributed by atoms with van der Waals surface area (Å²) in [7, 11) is 0. The molecule has 0 saturated carbocycles. The summed E-state index contributed by atoms with van der Waals surface area (Å²) >= 11 is 0. The van der Waals surface area contributed by atoms with Crippen molar-refractivity contribution in [1.29, 1.82) is 0 Å². The topological polar surface area (TPSA) is 128 Å². The number of carbonyl (C=O) groups is 3. The van der Waals surface area contributed by atoms with Crippen LogP contribution in [0.2, 0.25) is 0 Å². The van der Waals surface area contributed by atoms with Gasteiger partial charge in [-0.05, 0) is 103 Å². The lowest BCUT2D eigenvalue weighted by Crippen LogP contribution is -2.59. The second kappa shape index (κ2) is 12.4. The minimum absolute atomic E-state index is 0.0752. The Hall–Kier alpha value is -3.75. The summed E-state index contributed by atoms with van der Waals surface area (Å²) in [5, 5.41) is 25.5. The number of carbonyl (C=O) groups excluding carboxylic acids is 3. The number of hydrogen-bond acceptors (Lipinski definition) is 6. The van der Waals surface area contributed by atoms with Crippen LogP contribution in [-0.4, -0.2) is 56.2 Å². The molecule has 4 N–H and O–H groups in total. The Bertz CT molecular complexity index is 1160. The van der Waals surface area contributed by atoms with Crippen LogP contribution < -0.4 is 10.6 Å². The second-order valence-corrected chi connectivity index (χ2v) is 12.1. The fourth-order valence-electron chi connectivity index (χ4n) is 4.16. The third-order valence-electron chi connectivity index (χ3n) is 5.80. The molecule has 0 bridgehead atoms. The third kappa shape index (κ3) is 9.19. The first-order valence-electron chi connectivity index (χ1n) is 13.1. The lowest BCUT2D eigenvalue weighted by Gasteiger charge is -2.43. The lowest BCUT2D eigenvalue weighted by molar-refractivity contribution is -0.148. The van der Waals surface area contributed by atoms with E-state index in [2.05, 4.69) is 10.6 Å². The Morgan fingerprint density at radius 1 is 0.923 bits per heavy atom. The number of amides is 3. The van der Waals surface area contributed by atoms with Gasteiger partial charge in [0.2, 0.25) is 11.8 Å². The molecule has 0 fully saturated rings. The third-order valence-corrected chi connectivity index (χ3v) is 5.80. The largest absolute Gasteiger partial charge is 0.508 e. The number of benzene rings is 2. The van der Waals surface area contributed by atoms with Crippen molar-refractivity contribution in [3.63, 3.8) is 0 Å². The van der Waals surface area contributed by atoms with Crippen molar-refractivity contribution in [2.24, 2.45) is 0 Å². The van der Waals surface area contributed by atoms with Gasteiger partial charge < -0.3 is 30.5 Å². The van der Waals surface area contributed by atoms with Crippen LogP contribution in [0.4, 0.5) is 4.79 Å². The molecule has 0 heterocycles. The number of phenols is 2. The molecule has 0 aliphatic rings. The Kier molecular flexibility index (Phi) is 10.0. The van der Waals surface area contributed by atoms with E-state index in [9.17, 15) is 24.6 Å². The van der Waals surface area contributed by atoms with Crippen molar-refractivity contribution in [2.75, 3.05) is 0 Å². The van der Waals surface area contributed by atoms with Gasteiger partial charge in [0, 0.05) is 18.0 Å². The monoisotopic (exact) mass is 541 g/mol. The molecule has 2 aromatic rings. The van der Waals surface area contributed by atoms with E-state index in [0.717, 1.165) is 0 Å². The highest BCUT2D eigenvalue weighted by atomic mass is 16.6. The summed E-state index contributed by atoms with van der Waals surface area (Å²) in [4.78, 5) is 42.4. The fourth-order valence-corrected chi connectivity index (χ4v) is 4.16. The molecule has 2 atom stereocenters. The molecule has 0 aromatic heterocycles. The maximum Gasteiger partial charge on any atom is 0.408 e. The molecule has 0 radical (unpaired) electrons. The molecule has 2 aromatic carbocycles. The molecule has 214 valence electrons. The van der Waals surface area contributed by atoms with Crippen molar-refractivity contribution in [3.8, 4) is 11.5 Å². The number of nitrogens with zero attached hydrogens (tertiary/aromatic N) is 1. The number of aromatic hydroxyl groups is 2. The van der Waals surface area contributed by atoms with E-state index in [-0.39, 0.29) is 29.9 Å². The highest BCUT2D eigenvalue weighted by molar-refractivity contribution is 5.93. The van der Waals surface area contributed by atoms with Gasteiger partial charge in [-0.1, -0.05) is 18.2 Å².